The monoisotopic (exact) mass is 357 g/mol. The molecule has 2 aromatic heterocycles. The van der Waals surface area contributed by atoms with E-state index in [-0.39, 0.29) is 5.97 Å². The molecule has 5 nitrogen and oxygen atoms in total. The Hall–Kier alpha value is -2.38. The number of rotatable bonds is 5. The average Bonchev–Trinajstić information content (AvgIpc) is 3.09. The van der Waals surface area contributed by atoms with Gasteiger partial charge in [0.15, 0.2) is 5.16 Å². The van der Waals surface area contributed by atoms with E-state index in [4.69, 9.17) is 4.74 Å². The van der Waals surface area contributed by atoms with Gasteiger partial charge in [0, 0.05) is 23.5 Å². The highest BCUT2D eigenvalue weighted by Crippen LogP contribution is 2.23. The summed E-state index contributed by atoms with van der Waals surface area (Å²) in [7, 11) is 0. The summed E-state index contributed by atoms with van der Waals surface area (Å²) < 4.78 is 5.40. The second-order valence-electron chi connectivity index (χ2n) is 4.90. The van der Waals surface area contributed by atoms with Gasteiger partial charge in [0.1, 0.15) is 16.4 Å². The lowest BCUT2D eigenvalue weighted by Gasteiger charge is -2.09. The van der Waals surface area contributed by atoms with Crippen molar-refractivity contribution < 1.29 is 9.53 Å². The van der Waals surface area contributed by atoms with E-state index in [2.05, 4.69) is 15.3 Å². The number of aromatic nitrogens is 2. The molecule has 24 heavy (non-hydrogen) atoms. The molecule has 0 atom stereocenters. The van der Waals surface area contributed by atoms with Crippen LogP contribution in [0.15, 0.2) is 53.0 Å². The molecule has 0 amide bonds. The van der Waals surface area contributed by atoms with Gasteiger partial charge in [-0.2, -0.15) is 0 Å². The van der Waals surface area contributed by atoms with Gasteiger partial charge in [-0.05, 0) is 36.8 Å². The number of anilines is 2. The van der Waals surface area contributed by atoms with Crippen molar-refractivity contribution in [3.8, 4) is 5.75 Å². The predicted molar refractivity (Wildman–Crippen MR) is 97.6 cm³/mol. The normalized spacial score (nSPS) is 10.4. The van der Waals surface area contributed by atoms with E-state index in [1.807, 2.05) is 42.8 Å². The Balaban J connectivity index is 1.76. The van der Waals surface area contributed by atoms with Crippen LogP contribution in [0.5, 0.6) is 5.75 Å². The van der Waals surface area contributed by atoms with Crippen LogP contribution < -0.4 is 10.1 Å². The van der Waals surface area contributed by atoms with Gasteiger partial charge in [-0.3, -0.25) is 0 Å². The first-order valence-electron chi connectivity index (χ1n) is 7.16. The van der Waals surface area contributed by atoms with Crippen LogP contribution in [0.3, 0.4) is 0 Å². The zero-order chi connectivity index (χ0) is 16.9. The number of thiophene rings is 1. The van der Waals surface area contributed by atoms with Crippen molar-refractivity contribution in [3.05, 3.63) is 58.4 Å². The summed E-state index contributed by atoms with van der Waals surface area (Å²) in [6, 6.07) is 12.6. The lowest BCUT2D eigenvalue weighted by molar-refractivity contribution is 0.0740. The molecule has 0 unspecified atom stereocenters. The highest BCUT2D eigenvalue weighted by atomic mass is 32.2. The topological polar surface area (TPSA) is 64.1 Å². The third-order valence-corrected chi connectivity index (χ3v) is 4.45. The minimum absolute atomic E-state index is 0.357. The smallest absolute Gasteiger partial charge is 0.353 e. The quantitative estimate of drug-likeness (QED) is 0.313. The number of carbonyl (C=O) groups excluding carboxylic acids is 1. The molecule has 0 fully saturated rings. The van der Waals surface area contributed by atoms with Crippen LogP contribution in [0.25, 0.3) is 0 Å². The maximum absolute atomic E-state index is 12.0. The number of ether oxygens (including phenoxy) is 1. The Morgan fingerprint density at radius 3 is 2.83 bits per heavy atom. The van der Waals surface area contributed by atoms with Crippen LogP contribution in [0.2, 0.25) is 0 Å². The van der Waals surface area contributed by atoms with E-state index in [0.717, 1.165) is 11.4 Å². The Bertz CT molecular complexity index is 851. The Morgan fingerprint density at radius 1 is 1.21 bits per heavy atom. The van der Waals surface area contributed by atoms with E-state index < -0.39 is 0 Å². The van der Waals surface area contributed by atoms with Crippen molar-refractivity contribution in [2.75, 3.05) is 11.6 Å². The fourth-order valence-electron chi connectivity index (χ4n) is 2.03. The van der Waals surface area contributed by atoms with Crippen LogP contribution in [0.4, 0.5) is 11.5 Å². The predicted octanol–water partition coefficient (Wildman–Crippen LogP) is 4.53. The first-order chi connectivity index (χ1) is 11.6. The van der Waals surface area contributed by atoms with Gasteiger partial charge in [0.2, 0.25) is 0 Å². The van der Waals surface area contributed by atoms with E-state index in [1.165, 1.54) is 23.1 Å². The number of hydrogen-bond acceptors (Lipinski definition) is 7. The molecule has 0 aliphatic carbocycles. The van der Waals surface area contributed by atoms with E-state index >= 15 is 0 Å². The Labute approximate surface area is 148 Å². The molecule has 0 spiro atoms. The molecule has 0 aliphatic heterocycles. The number of benzene rings is 1. The van der Waals surface area contributed by atoms with Gasteiger partial charge in [0.25, 0.3) is 0 Å². The van der Waals surface area contributed by atoms with Crippen molar-refractivity contribution in [2.24, 2.45) is 0 Å². The van der Waals surface area contributed by atoms with Crippen molar-refractivity contribution >= 4 is 40.6 Å². The summed E-state index contributed by atoms with van der Waals surface area (Å²) in [6.07, 6.45) is 1.93. The molecular weight excluding hydrogens is 342 g/mol. The summed E-state index contributed by atoms with van der Waals surface area (Å²) >= 11 is 2.84. The fraction of sp³-hybridized carbons (Fsp3) is 0.118. The third-order valence-electron chi connectivity index (χ3n) is 3.06. The van der Waals surface area contributed by atoms with E-state index in [9.17, 15) is 4.79 Å². The highest BCUT2D eigenvalue weighted by Gasteiger charge is 2.10. The largest absolute Gasteiger partial charge is 0.422 e. The molecule has 3 rings (SSSR count). The van der Waals surface area contributed by atoms with Crippen LogP contribution >= 0.6 is 23.1 Å². The van der Waals surface area contributed by atoms with E-state index in [1.54, 1.807) is 18.2 Å². The molecule has 0 saturated carbocycles. The summed E-state index contributed by atoms with van der Waals surface area (Å²) in [5, 5.41) is 5.76. The molecule has 0 saturated heterocycles. The molecule has 0 aliphatic rings. The summed E-state index contributed by atoms with van der Waals surface area (Å²) in [6.45, 7) is 1.92. The van der Waals surface area contributed by atoms with Crippen molar-refractivity contribution in [3.63, 3.8) is 0 Å². The number of aryl methyl sites for hydroxylation is 1. The SMILES string of the molecule is CSc1nc(C)cc(Nc2cccc(OC(=O)c3cccs3)c2)n1. The number of nitrogens with one attached hydrogen (secondary N) is 1. The fourth-order valence-corrected chi connectivity index (χ4v) is 3.06. The van der Waals surface area contributed by atoms with Gasteiger partial charge < -0.3 is 10.1 Å². The first-order valence-corrected chi connectivity index (χ1v) is 9.27. The molecule has 2 heterocycles. The minimum Gasteiger partial charge on any atom is -0.422 e. The third kappa shape index (κ3) is 4.12. The average molecular weight is 357 g/mol. The number of hydrogen-bond donors (Lipinski definition) is 1. The first kappa shape index (κ1) is 16.5. The number of thioether (sulfide) groups is 1. The molecule has 0 radical (unpaired) electrons. The number of carbonyl (C=O) groups is 1. The van der Waals surface area contributed by atoms with Crippen LogP contribution in [0, 0.1) is 6.92 Å². The number of nitrogens with zero attached hydrogens (tertiary/aromatic N) is 2. The lowest BCUT2D eigenvalue weighted by atomic mass is 10.3. The Kier molecular flexibility index (Phi) is 5.12. The van der Waals surface area contributed by atoms with Gasteiger partial charge in [-0.1, -0.05) is 23.9 Å². The molecule has 1 N–H and O–H groups in total. The molecular formula is C17H15N3O2S2. The van der Waals surface area contributed by atoms with E-state index in [0.29, 0.717) is 21.6 Å². The van der Waals surface area contributed by atoms with Crippen LogP contribution in [-0.2, 0) is 0 Å². The summed E-state index contributed by atoms with van der Waals surface area (Å²) in [4.78, 5) is 21.3. The standard InChI is InChI=1S/C17H15N3O2S2/c1-11-9-15(20-17(18-11)23-2)19-12-5-3-6-13(10-12)22-16(21)14-7-4-8-24-14/h3-10H,1-2H3,(H,18,19,20). The highest BCUT2D eigenvalue weighted by molar-refractivity contribution is 7.98. The van der Waals surface area contributed by atoms with Gasteiger partial charge in [-0.15, -0.1) is 11.3 Å². The number of esters is 1. The molecule has 3 aromatic rings. The second kappa shape index (κ2) is 7.46. The maximum atomic E-state index is 12.0. The summed E-state index contributed by atoms with van der Waals surface area (Å²) in [5.74, 6) is 0.826. The summed E-state index contributed by atoms with van der Waals surface area (Å²) in [5.41, 5.74) is 1.67. The van der Waals surface area contributed by atoms with Gasteiger partial charge in [0.05, 0.1) is 0 Å². The zero-order valence-electron chi connectivity index (χ0n) is 13.1. The molecule has 122 valence electrons. The van der Waals surface area contributed by atoms with Gasteiger partial charge >= 0.3 is 5.97 Å². The lowest BCUT2D eigenvalue weighted by Crippen LogP contribution is -2.06. The maximum Gasteiger partial charge on any atom is 0.353 e. The molecule has 7 heteroatoms. The molecule has 1 aromatic carbocycles. The van der Waals surface area contributed by atoms with Crippen molar-refractivity contribution in [2.45, 2.75) is 12.1 Å². The Morgan fingerprint density at radius 2 is 2.08 bits per heavy atom. The van der Waals surface area contributed by atoms with Crippen molar-refractivity contribution in [1.29, 1.82) is 0 Å². The second-order valence-corrected chi connectivity index (χ2v) is 6.62. The van der Waals surface area contributed by atoms with Crippen molar-refractivity contribution in [1.82, 2.24) is 9.97 Å². The molecule has 0 bridgehead atoms. The van der Waals surface area contributed by atoms with Crippen LogP contribution in [-0.4, -0.2) is 22.2 Å². The zero-order valence-corrected chi connectivity index (χ0v) is 14.8. The minimum atomic E-state index is -0.357. The van der Waals surface area contributed by atoms with Crippen LogP contribution in [0.1, 0.15) is 15.4 Å². The van der Waals surface area contributed by atoms with Gasteiger partial charge in [-0.25, -0.2) is 14.8 Å².